The number of carbonyl (C=O) groups excluding carboxylic acids is 1. The first kappa shape index (κ1) is 29.4. The summed E-state index contributed by atoms with van der Waals surface area (Å²) in [5.74, 6) is -1.63. The van der Waals surface area contributed by atoms with Crippen molar-refractivity contribution in [3.63, 3.8) is 0 Å². The van der Waals surface area contributed by atoms with E-state index in [0.29, 0.717) is 28.8 Å². The molecular formula is C31H36F2N6O3. The molecule has 1 atom stereocenters. The van der Waals surface area contributed by atoms with Gasteiger partial charge in [-0.15, -0.1) is 0 Å². The lowest BCUT2D eigenvalue weighted by atomic mass is 10.00. The fourth-order valence-corrected chi connectivity index (χ4v) is 5.33. The molecule has 2 N–H and O–H groups in total. The van der Waals surface area contributed by atoms with E-state index in [9.17, 15) is 13.6 Å². The third-order valence-corrected chi connectivity index (χ3v) is 7.47. The molecule has 1 aliphatic heterocycles. The number of piperazine rings is 1. The number of hydrogen-bond acceptors (Lipinski definition) is 7. The molecule has 1 saturated heterocycles. The summed E-state index contributed by atoms with van der Waals surface area (Å²) in [6.45, 7) is 4.77. The molecule has 1 aliphatic rings. The largest absolute Gasteiger partial charge is 0.385 e. The van der Waals surface area contributed by atoms with E-state index in [1.54, 1.807) is 25.4 Å². The van der Waals surface area contributed by atoms with Gasteiger partial charge in [-0.1, -0.05) is 12.1 Å². The SMILES string of the molecule is COCCCNc1cccc(C(=O)Nn2ncc3cc(C(OC)c4cc(F)cc(F)c4)ccc32)c1N1CCN(C)CC1. The third kappa shape index (κ3) is 6.53. The number of para-hydroxylation sites is 1. The minimum Gasteiger partial charge on any atom is -0.385 e. The van der Waals surface area contributed by atoms with E-state index in [-0.39, 0.29) is 5.91 Å². The quantitative estimate of drug-likeness (QED) is 0.251. The van der Waals surface area contributed by atoms with Crippen LogP contribution in [0.25, 0.3) is 10.9 Å². The van der Waals surface area contributed by atoms with Crippen LogP contribution in [0.1, 0.15) is 34.0 Å². The normalized spacial score (nSPS) is 14.7. The number of fused-ring (bicyclic) bond motifs is 1. The zero-order valence-corrected chi connectivity index (χ0v) is 24.1. The van der Waals surface area contributed by atoms with Crippen molar-refractivity contribution >= 4 is 28.2 Å². The van der Waals surface area contributed by atoms with Crippen LogP contribution in [0.2, 0.25) is 0 Å². The summed E-state index contributed by atoms with van der Waals surface area (Å²) < 4.78 is 38.5. The van der Waals surface area contributed by atoms with Crippen molar-refractivity contribution in [3.05, 3.63) is 89.1 Å². The molecule has 5 rings (SSSR count). The van der Waals surface area contributed by atoms with Crippen molar-refractivity contribution in [1.29, 1.82) is 0 Å². The van der Waals surface area contributed by atoms with E-state index in [0.717, 1.165) is 62.0 Å². The van der Waals surface area contributed by atoms with Gasteiger partial charge in [-0.3, -0.25) is 4.79 Å². The zero-order valence-electron chi connectivity index (χ0n) is 24.1. The summed E-state index contributed by atoms with van der Waals surface area (Å²) in [6.07, 6.45) is 1.80. The number of aromatic nitrogens is 2. The second kappa shape index (κ2) is 13.3. The van der Waals surface area contributed by atoms with Gasteiger partial charge in [0.05, 0.1) is 28.7 Å². The smallest absolute Gasteiger partial charge is 0.273 e. The van der Waals surface area contributed by atoms with Crippen LogP contribution in [0.4, 0.5) is 20.2 Å². The number of benzene rings is 3. The van der Waals surface area contributed by atoms with Crippen LogP contribution in [0, 0.1) is 11.6 Å². The Morgan fingerprint density at radius 1 is 1.00 bits per heavy atom. The molecule has 0 bridgehead atoms. The highest BCUT2D eigenvalue weighted by Gasteiger charge is 2.24. The minimum atomic E-state index is -0.678. The lowest BCUT2D eigenvalue weighted by Crippen LogP contribution is -2.45. The molecule has 1 aromatic heterocycles. The van der Waals surface area contributed by atoms with Crippen LogP contribution in [0.5, 0.6) is 0 Å². The number of carbonyl (C=O) groups is 1. The lowest BCUT2D eigenvalue weighted by molar-refractivity contribution is 0.101. The molecular weight excluding hydrogens is 542 g/mol. The van der Waals surface area contributed by atoms with Crippen LogP contribution in [-0.2, 0) is 9.47 Å². The molecule has 2 heterocycles. The monoisotopic (exact) mass is 578 g/mol. The molecule has 1 fully saturated rings. The van der Waals surface area contributed by atoms with Crippen molar-refractivity contribution in [2.24, 2.45) is 0 Å². The van der Waals surface area contributed by atoms with Gasteiger partial charge in [-0.05, 0) is 61.0 Å². The predicted molar refractivity (Wildman–Crippen MR) is 160 cm³/mol. The van der Waals surface area contributed by atoms with E-state index in [2.05, 4.69) is 32.7 Å². The number of anilines is 2. The van der Waals surface area contributed by atoms with Gasteiger partial charge in [0.25, 0.3) is 5.91 Å². The van der Waals surface area contributed by atoms with Crippen molar-refractivity contribution < 1.29 is 23.0 Å². The van der Waals surface area contributed by atoms with Crippen LogP contribution >= 0.6 is 0 Å². The maximum absolute atomic E-state index is 13.9. The van der Waals surface area contributed by atoms with E-state index in [4.69, 9.17) is 9.47 Å². The van der Waals surface area contributed by atoms with Crippen molar-refractivity contribution in [2.45, 2.75) is 12.5 Å². The van der Waals surface area contributed by atoms with E-state index in [1.807, 2.05) is 24.3 Å². The average molecular weight is 579 g/mol. The topological polar surface area (TPSA) is 83.9 Å². The molecule has 0 saturated carbocycles. The molecule has 11 heteroatoms. The summed E-state index contributed by atoms with van der Waals surface area (Å²) in [5, 5.41) is 8.63. The Morgan fingerprint density at radius 2 is 1.76 bits per heavy atom. The van der Waals surface area contributed by atoms with Crippen LogP contribution < -0.4 is 15.6 Å². The number of nitrogens with zero attached hydrogens (tertiary/aromatic N) is 4. The Kier molecular flexibility index (Phi) is 9.31. The van der Waals surface area contributed by atoms with Gasteiger partial charge < -0.3 is 24.6 Å². The second-order valence-electron chi connectivity index (χ2n) is 10.4. The highest BCUT2D eigenvalue weighted by Crippen LogP contribution is 2.32. The zero-order chi connectivity index (χ0) is 29.6. The van der Waals surface area contributed by atoms with E-state index < -0.39 is 17.7 Å². The van der Waals surface area contributed by atoms with Gasteiger partial charge in [0.2, 0.25) is 0 Å². The fraction of sp³-hybridized carbons (Fsp3) is 0.355. The molecule has 1 amide bonds. The van der Waals surface area contributed by atoms with Crippen molar-refractivity contribution in [2.75, 3.05) is 76.2 Å². The first-order chi connectivity index (χ1) is 20.4. The number of ether oxygens (including phenoxy) is 2. The van der Waals surface area contributed by atoms with Gasteiger partial charge >= 0.3 is 0 Å². The van der Waals surface area contributed by atoms with Gasteiger partial charge in [0, 0.05) is 65.0 Å². The van der Waals surface area contributed by atoms with Gasteiger partial charge in [0.1, 0.15) is 17.7 Å². The summed E-state index contributed by atoms with van der Waals surface area (Å²) in [4.78, 5) is 19.7. The number of hydrogen-bond donors (Lipinski definition) is 2. The Hall–Kier alpha value is -4.06. The molecule has 1 unspecified atom stereocenters. The average Bonchev–Trinajstić information content (AvgIpc) is 3.37. The summed E-state index contributed by atoms with van der Waals surface area (Å²) >= 11 is 0. The highest BCUT2D eigenvalue weighted by atomic mass is 19.1. The molecule has 0 spiro atoms. The Labute approximate surface area is 244 Å². The lowest BCUT2D eigenvalue weighted by Gasteiger charge is -2.36. The molecule has 222 valence electrons. The number of nitrogens with one attached hydrogen (secondary N) is 2. The molecule has 9 nitrogen and oxygen atoms in total. The third-order valence-electron chi connectivity index (χ3n) is 7.47. The first-order valence-corrected chi connectivity index (χ1v) is 13.9. The first-order valence-electron chi connectivity index (χ1n) is 13.9. The standard InChI is InChI=1S/C31H36F2N6O3/c1-37-11-13-38(14-12-37)29-26(6-4-7-27(29)34-10-5-15-41-2)31(40)36-39-28-9-8-21(16-23(28)20-35-39)30(42-3)22-17-24(32)19-25(33)18-22/h4,6-9,16-20,30,34H,5,10-15H2,1-3H3,(H,36,40). The summed E-state index contributed by atoms with van der Waals surface area (Å²) in [7, 11) is 5.26. The van der Waals surface area contributed by atoms with E-state index >= 15 is 0 Å². The number of methoxy groups -OCH3 is 2. The Bertz CT molecular complexity index is 1520. The number of rotatable bonds is 11. The molecule has 0 radical (unpaired) electrons. The number of likely N-dealkylation sites (N-methyl/N-ethyl adjacent to an activating group) is 1. The number of amides is 1. The van der Waals surface area contributed by atoms with Crippen molar-refractivity contribution in [1.82, 2.24) is 14.8 Å². The summed E-state index contributed by atoms with van der Waals surface area (Å²) in [5.41, 5.74) is 6.98. The van der Waals surface area contributed by atoms with Gasteiger partial charge in [-0.25, -0.2) is 14.2 Å². The van der Waals surface area contributed by atoms with E-state index in [1.165, 1.54) is 24.0 Å². The van der Waals surface area contributed by atoms with Crippen molar-refractivity contribution in [3.8, 4) is 0 Å². The van der Waals surface area contributed by atoms with Gasteiger partial charge in [0.15, 0.2) is 0 Å². The summed E-state index contributed by atoms with van der Waals surface area (Å²) in [6, 6.07) is 14.5. The minimum absolute atomic E-state index is 0.288. The maximum Gasteiger partial charge on any atom is 0.273 e. The maximum atomic E-state index is 13.9. The Balaban J connectivity index is 1.41. The van der Waals surface area contributed by atoms with Crippen LogP contribution in [-0.4, -0.2) is 81.3 Å². The molecule has 4 aromatic rings. The van der Waals surface area contributed by atoms with Crippen LogP contribution in [0.15, 0.2) is 60.8 Å². The molecule has 0 aliphatic carbocycles. The number of halogens is 2. The fourth-order valence-electron chi connectivity index (χ4n) is 5.33. The second-order valence-corrected chi connectivity index (χ2v) is 10.4. The predicted octanol–water partition coefficient (Wildman–Crippen LogP) is 4.63. The van der Waals surface area contributed by atoms with Gasteiger partial charge in [-0.2, -0.15) is 9.89 Å². The highest BCUT2D eigenvalue weighted by molar-refractivity contribution is 6.07. The van der Waals surface area contributed by atoms with Crippen LogP contribution in [0.3, 0.4) is 0 Å². The molecule has 3 aromatic carbocycles. The molecule has 42 heavy (non-hydrogen) atoms. The Morgan fingerprint density at radius 3 is 2.48 bits per heavy atom.